The number of phenols is 1. The average molecular weight is 637 g/mol. The minimum Gasteiger partial charge on any atom is -0.507 e. The number of aromatic hydroxyl groups is 1. The second-order valence-electron chi connectivity index (χ2n) is 15.6. The number of hydrogen-bond donors (Lipinski definition) is 2. The number of fused-ring (bicyclic) bond motifs is 4. The number of aryl methyl sites for hydroxylation is 1. The Morgan fingerprint density at radius 2 is 1.53 bits per heavy atom. The highest BCUT2D eigenvalue weighted by atomic mass is 16.3. The van der Waals surface area contributed by atoms with Crippen molar-refractivity contribution >= 4 is 39.7 Å². The molecule has 0 saturated heterocycles. The van der Waals surface area contributed by atoms with Crippen LogP contribution in [0.4, 0.5) is 0 Å². The highest BCUT2D eigenvalue weighted by Gasteiger charge is 2.76. The van der Waals surface area contributed by atoms with E-state index < -0.39 is 69.0 Å². The van der Waals surface area contributed by atoms with Crippen LogP contribution >= 0.6 is 0 Å². The van der Waals surface area contributed by atoms with Gasteiger partial charge in [0.25, 0.3) is 0 Å². The van der Waals surface area contributed by atoms with Gasteiger partial charge in [-0.25, -0.2) is 0 Å². The number of carbonyl (C=O) groups is 5. The summed E-state index contributed by atoms with van der Waals surface area (Å²) in [6.45, 7) is 12.5. The van der Waals surface area contributed by atoms with Crippen molar-refractivity contribution in [3.63, 3.8) is 0 Å². The largest absolute Gasteiger partial charge is 0.507 e. The van der Waals surface area contributed by atoms with Gasteiger partial charge in [0, 0.05) is 11.3 Å². The van der Waals surface area contributed by atoms with E-state index in [2.05, 4.69) is 38.1 Å². The molecule has 6 rings (SSSR count). The number of ketones is 5. The number of phenolic OH excluding ortho intramolecular Hbond substituents is 1. The summed E-state index contributed by atoms with van der Waals surface area (Å²) in [6, 6.07) is 15.6. The molecule has 0 amide bonds. The first-order valence-corrected chi connectivity index (χ1v) is 16.7. The molecule has 2 saturated carbocycles. The Hall–Kier alpha value is -3.97. The van der Waals surface area contributed by atoms with Crippen LogP contribution in [0.2, 0.25) is 0 Å². The minimum atomic E-state index is -2.71. The number of Topliss-reactive ketones (excluding diaryl/α,β-unsaturated/α-hetero) is 5. The summed E-state index contributed by atoms with van der Waals surface area (Å²) < 4.78 is 0. The Labute approximate surface area is 275 Å². The predicted molar refractivity (Wildman–Crippen MR) is 179 cm³/mol. The lowest BCUT2D eigenvalue weighted by Crippen LogP contribution is -2.76. The summed E-state index contributed by atoms with van der Waals surface area (Å²) in [4.78, 5) is 69.5. The van der Waals surface area contributed by atoms with E-state index in [0.29, 0.717) is 11.5 Å². The third-order valence-electron chi connectivity index (χ3n) is 11.6. The van der Waals surface area contributed by atoms with E-state index in [9.17, 15) is 34.2 Å². The van der Waals surface area contributed by atoms with Gasteiger partial charge in [-0.3, -0.25) is 24.0 Å². The van der Waals surface area contributed by atoms with Gasteiger partial charge < -0.3 is 10.2 Å². The molecule has 0 aromatic heterocycles. The van der Waals surface area contributed by atoms with Gasteiger partial charge in [0.05, 0.1) is 11.5 Å². The minimum absolute atomic E-state index is 0.0151. The molecule has 6 atom stereocenters. The van der Waals surface area contributed by atoms with Crippen molar-refractivity contribution in [3.8, 4) is 16.9 Å². The molecule has 3 aromatic rings. The number of benzene rings is 3. The maximum absolute atomic E-state index is 14.6. The number of aliphatic hydroxyl groups is 1. The highest BCUT2D eigenvalue weighted by molar-refractivity contribution is 6.32. The van der Waals surface area contributed by atoms with E-state index in [0.717, 1.165) is 41.7 Å². The van der Waals surface area contributed by atoms with E-state index in [-0.39, 0.29) is 24.2 Å². The van der Waals surface area contributed by atoms with Crippen LogP contribution in [0.5, 0.6) is 5.75 Å². The van der Waals surface area contributed by atoms with E-state index in [1.807, 2.05) is 25.1 Å². The monoisotopic (exact) mass is 636 g/mol. The van der Waals surface area contributed by atoms with Gasteiger partial charge in [-0.15, -0.1) is 0 Å². The quantitative estimate of drug-likeness (QED) is 0.296. The van der Waals surface area contributed by atoms with Gasteiger partial charge in [-0.2, -0.15) is 0 Å². The molecule has 0 aliphatic heterocycles. The molecular weight excluding hydrogens is 592 g/mol. The summed E-state index contributed by atoms with van der Waals surface area (Å²) in [5, 5.41) is 25.5. The Balaban J connectivity index is 1.55. The van der Waals surface area contributed by atoms with Crippen LogP contribution in [-0.2, 0) is 32.0 Å². The molecule has 0 bridgehead atoms. The first kappa shape index (κ1) is 33.0. The standard InChI is InChI=1S/C40H44O7/c1-20(2)12-13-23-14-15-26(25-11-9-8-10-24(23)25)27-16-17-29(42)31-28(27)18-38(6)19-39(7)32(21(3)4)34(43)30(22(5)41)36(45)40(39,47)37(46)33(38)35(31)44/h8-11,14-17,20-21,30,32-33,42,47H,12-13,18-19H2,1-7H3/t30?,32?,33?,38-,39-,40+/m1/s1. The molecule has 47 heavy (non-hydrogen) atoms. The van der Waals surface area contributed by atoms with E-state index in [1.54, 1.807) is 20.8 Å². The zero-order valence-corrected chi connectivity index (χ0v) is 28.3. The fourth-order valence-electron chi connectivity index (χ4n) is 9.65. The average Bonchev–Trinajstić information content (AvgIpc) is 2.97. The zero-order valence-electron chi connectivity index (χ0n) is 28.3. The fraction of sp³-hybridized carbons (Fsp3) is 0.475. The highest BCUT2D eigenvalue weighted by Crippen LogP contribution is 2.64. The van der Waals surface area contributed by atoms with Gasteiger partial charge in [0.15, 0.2) is 28.7 Å². The van der Waals surface area contributed by atoms with Crippen LogP contribution in [0, 0.1) is 40.4 Å². The van der Waals surface area contributed by atoms with Crippen molar-refractivity contribution in [1.82, 2.24) is 0 Å². The molecule has 0 radical (unpaired) electrons. The summed E-state index contributed by atoms with van der Waals surface area (Å²) in [6.07, 6.45) is 2.19. The van der Waals surface area contributed by atoms with Crippen LogP contribution in [-0.4, -0.2) is 44.7 Å². The predicted octanol–water partition coefficient (Wildman–Crippen LogP) is 6.50. The lowest BCUT2D eigenvalue weighted by Gasteiger charge is -2.61. The number of rotatable bonds is 6. The second-order valence-corrected chi connectivity index (χ2v) is 15.6. The molecule has 3 aliphatic rings. The summed E-state index contributed by atoms with van der Waals surface area (Å²) in [5.74, 6) is -8.38. The Morgan fingerprint density at radius 1 is 0.894 bits per heavy atom. The van der Waals surface area contributed by atoms with Crippen molar-refractivity contribution in [1.29, 1.82) is 0 Å². The molecule has 3 unspecified atom stereocenters. The molecule has 3 aliphatic carbocycles. The third-order valence-corrected chi connectivity index (χ3v) is 11.6. The summed E-state index contributed by atoms with van der Waals surface area (Å²) in [7, 11) is 0. The molecule has 7 nitrogen and oxygen atoms in total. The van der Waals surface area contributed by atoms with Crippen molar-refractivity contribution in [2.75, 3.05) is 0 Å². The van der Waals surface area contributed by atoms with Crippen molar-refractivity contribution in [3.05, 3.63) is 65.2 Å². The molecule has 3 aromatic carbocycles. The van der Waals surface area contributed by atoms with Gasteiger partial charge in [-0.1, -0.05) is 84.0 Å². The van der Waals surface area contributed by atoms with Crippen LogP contribution < -0.4 is 0 Å². The molecule has 246 valence electrons. The second kappa shape index (κ2) is 11.0. The Morgan fingerprint density at radius 3 is 2.15 bits per heavy atom. The normalized spacial score (nSPS) is 30.5. The van der Waals surface area contributed by atoms with E-state index in [4.69, 9.17) is 0 Å². The van der Waals surface area contributed by atoms with Crippen molar-refractivity contribution < 1.29 is 34.2 Å². The van der Waals surface area contributed by atoms with Crippen molar-refractivity contribution in [2.24, 2.45) is 40.4 Å². The molecular formula is C40H44O7. The van der Waals surface area contributed by atoms with Crippen LogP contribution in [0.3, 0.4) is 0 Å². The fourth-order valence-corrected chi connectivity index (χ4v) is 9.65. The Kier molecular flexibility index (Phi) is 7.75. The Bertz CT molecular complexity index is 1880. The van der Waals surface area contributed by atoms with Gasteiger partial charge in [-0.05, 0) is 89.0 Å². The number of carbonyl (C=O) groups excluding carboxylic acids is 5. The lowest BCUT2D eigenvalue weighted by molar-refractivity contribution is -0.205. The molecule has 0 heterocycles. The first-order chi connectivity index (χ1) is 22.0. The van der Waals surface area contributed by atoms with Crippen molar-refractivity contribution in [2.45, 2.75) is 79.8 Å². The third kappa shape index (κ3) is 4.52. The van der Waals surface area contributed by atoms with E-state index in [1.165, 1.54) is 11.6 Å². The zero-order chi connectivity index (χ0) is 34.4. The topological polar surface area (TPSA) is 126 Å². The van der Waals surface area contributed by atoms with Crippen LogP contribution in [0.1, 0.15) is 82.8 Å². The smallest absolute Gasteiger partial charge is 0.190 e. The molecule has 2 fully saturated rings. The van der Waals surface area contributed by atoms with Crippen LogP contribution in [0.15, 0.2) is 48.5 Å². The first-order valence-electron chi connectivity index (χ1n) is 16.7. The number of hydrogen-bond acceptors (Lipinski definition) is 7. The van der Waals surface area contributed by atoms with Gasteiger partial charge in [0.2, 0.25) is 0 Å². The van der Waals surface area contributed by atoms with Crippen LogP contribution in [0.25, 0.3) is 21.9 Å². The SMILES string of the molecule is CC(=O)C1C(=O)C(C(C)C)[C@@]2(C)C[C@@]3(C)Cc4c(-c5ccc(CCC(C)C)c6ccccc56)ccc(O)c4C(=O)C3C(=O)[C@@]2(O)C1=O. The van der Waals surface area contributed by atoms with E-state index >= 15 is 0 Å². The molecule has 2 N–H and O–H groups in total. The summed E-state index contributed by atoms with van der Waals surface area (Å²) in [5.41, 5.74) is -1.83. The lowest BCUT2D eigenvalue weighted by atomic mass is 9.40. The van der Waals surface area contributed by atoms with Gasteiger partial charge >= 0.3 is 0 Å². The molecule has 7 heteroatoms. The summed E-state index contributed by atoms with van der Waals surface area (Å²) >= 11 is 0. The maximum Gasteiger partial charge on any atom is 0.190 e. The maximum atomic E-state index is 14.6. The van der Waals surface area contributed by atoms with Gasteiger partial charge in [0.1, 0.15) is 17.5 Å². The molecule has 0 spiro atoms.